The monoisotopic (exact) mass is 237 g/mol. The molecule has 5 heteroatoms. The highest BCUT2D eigenvalue weighted by Crippen LogP contribution is 2.13. The van der Waals surface area contributed by atoms with Gasteiger partial charge in [0.25, 0.3) is 0 Å². The highest BCUT2D eigenvalue weighted by molar-refractivity contribution is 5.75. The van der Waals surface area contributed by atoms with Gasteiger partial charge in [-0.3, -0.25) is 9.78 Å². The molecule has 0 aliphatic carbocycles. The zero-order chi connectivity index (χ0) is 12.7. The molecule has 0 N–H and O–H groups in total. The van der Waals surface area contributed by atoms with E-state index in [0.29, 0.717) is 6.61 Å². The summed E-state index contributed by atoms with van der Waals surface area (Å²) in [5.74, 6) is 0.522. The fraction of sp³-hybridized carbons (Fsp3) is 0.583. The average Bonchev–Trinajstić information content (AvgIpc) is 2.29. The normalized spacial score (nSPS) is 10.1. The predicted octanol–water partition coefficient (Wildman–Crippen LogP) is 1.56. The summed E-state index contributed by atoms with van der Waals surface area (Å²) in [6.45, 7) is 7.13. The second kappa shape index (κ2) is 6.83. The lowest BCUT2D eigenvalue weighted by molar-refractivity contribution is -0.141. The van der Waals surface area contributed by atoms with Gasteiger partial charge in [0.2, 0.25) is 0 Å². The van der Waals surface area contributed by atoms with Crippen LogP contribution in [0, 0.1) is 6.92 Å². The van der Waals surface area contributed by atoms with Crippen molar-refractivity contribution in [1.82, 2.24) is 9.97 Å². The first-order chi connectivity index (χ1) is 8.19. The summed E-state index contributed by atoms with van der Waals surface area (Å²) in [5.41, 5.74) is 0.824. The topological polar surface area (TPSA) is 55.3 Å². The Balaban J connectivity index is 2.78. The maximum Gasteiger partial charge on any atom is 0.325 e. The Labute approximate surface area is 102 Å². The fourth-order valence-electron chi connectivity index (χ4n) is 1.60. The van der Waals surface area contributed by atoms with Crippen molar-refractivity contribution in [2.45, 2.75) is 27.2 Å². The number of nitrogens with zero attached hydrogens (tertiary/aromatic N) is 3. The number of carbonyl (C=O) groups excluding carboxylic acids is 1. The van der Waals surface area contributed by atoms with Crippen molar-refractivity contribution in [3.63, 3.8) is 0 Å². The summed E-state index contributed by atoms with van der Waals surface area (Å²) in [6, 6.07) is 0. The Hall–Kier alpha value is -1.65. The van der Waals surface area contributed by atoms with Gasteiger partial charge in [-0.15, -0.1) is 0 Å². The number of aryl methyl sites for hydroxylation is 1. The second-order valence-electron chi connectivity index (χ2n) is 3.69. The van der Waals surface area contributed by atoms with Crippen molar-refractivity contribution in [1.29, 1.82) is 0 Å². The van der Waals surface area contributed by atoms with Crippen molar-refractivity contribution < 1.29 is 9.53 Å². The van der Waals surface area contributed by atoms with E-state index in [2.05, 4.69) is 16.9 Å². The summed E-state index contributed by atoms with van der Waals surface area (Å²) < 4.78 is 4.95. The SMILES string of the molecule is CCCN(CC(=O)OCC)c1nccnc1C. The number of ether oxygens (including phenoxy) is 1. The van der Waals surface area contributed by atoms with Crippen LogP contribution in [0.15, 0.2) is 12.4 Å². The first-order valence-electron chi connectivity index (χ1n) is 5.87. The molecule has 0 fully saturated rings. The minimum absolute atomic E-state index is 0.223. The molecule has 0 amide bonds. The van der Waals surface area contributed by atoms with Gasteiger partial charge >= 0.3 is 5.97 Å². The van der Waals surface area contributed by atoms with Crippen LogP contribution in [-0.4, -0.2) is 35.6 Å². The van der Waals surface area contributed by atoms with Gasteiger partial charge in [0.1, 0.15) is 6.54 Å². The number of anilines is 1. The van der Waals surface area contributed by atoms with Crippen LogP contribution >= 0.6 is 0 Å². The van der Waals surface area contributed by atoms with Crippen LogP contribution in [-0.2, 0) is 9.53 Å². The van der Waals surface area contributed by atoms with E-state index in [-0.39, 0.29) is 12.5 Å². The Bertz CT molecular complexity index is 369. The average molecular weight is 237 g/mol. The third-order valence-corrected chi connectivity index (χ3v) is 2.27. The van der Waals surface area contributed by atoms with E-state index in [0.717, 1.165) is 24.5 Å². The molecule has 1 aromatic heterocycles. The molecule has 0 aliphatic heterocycles. The first-order valence-corrected chi connectivity index (χ1v) is 5.87. The summed E-state index contributed by atoms with van der Waals surface area (Å²) >= 11 is 0. The standard InChI is InChI=1S/C12H19N3O2/c1-4-8-15(9-11(16)17-5-2)12-10(3)13-6-7-14-12/h6-7H,4-5,8-9H2,1-3H3. The third-order valence-electron chi connectivity index (χ3n) is 2.27. The van der Waals surface area contributed by atoms with Gasteiger partial charge in [0, 0.05) is 18.9 Å². The van der Waals surface area contributed by atoms with E-state index in [1.54, 1.807) is 19.3 Å². The lowest BCUT2D eigenvalue weighted by atomic mass is 10.3. The van der Waals surface area contributed by atoms with Gasteiger partial charge < -0.3 is 9.64 Å². The molecule has 1 rings (SSSR count). The molecule has 0 spiro atoms. The van der Waals surface area contributed by atoms with Gasteiger partial charge in [0.05, 0.1) is 12.3 Å². The van der Waals surface area contributed by atoms with Crippen molar-refractivity contribution in [3.8, 4) is 0 Å². The highest BCUT2D eigenvalue weighted by atomic mass is 16.5. The van der Waals surface area contributed by atoms with Crippen molar-refractivity contribution in [2.24, 2.45) is 0 Å². The minimum atomic E-state index is -0.231. The van der Waals surface area contributed by atoms with Crippen LogP contribution in [0.1, 0.15) is 26.0 Å². The van der Waals surface area contributed by atoms with Crippen LogP contribution in [0.4, 0.5) is 5.82 Å². The van der Waals surface area contributed by atoms with Crippen molar-refractivity contribution in [3.05, 3.63) is 18.1 Å². The van der Waals surface area contributed by atoms with Crippen LogP contribution in [0.2, 0.25) is 0 Å². The number of hydrogen-bond acceptors (Lipinski definition) is 5. The van der Waals surface area contributed by atoms with Crippen molar-refractivity contribution in [2.75, 3.05) is 24.6 Å². The molecule has 0 unspecified atom stereocenters. The number of aromatic nitrogens is 2. The van der Waals surface area contributed by atoms with Gasteiger partial charge in [-0.05, 0) is 20.3 Å². The lowest BCUT2D eigenvalue weighted by Crippen LogP contribution is -2.33. The maximum atomic E-state index is 11.5. The highest BCUT2D eigenvalue weighted by Gasteiger charge is 2.14. The zero-order valence-corrected chi connectivity index (χ0v) is 10.6. The molecule has 5 nitrogen and oxygen atoms in total. The van der Waals surface area contributed by atoms with E-state index in [9.17, 15) is 4.79 Å². The number of esters is 1. The molecular formula is C12H19N3O2. The first kappa shape index (κ1) is 13.4. The molecule has 1 aromatic rings. The Morgan fingerprint density at radius 3 is 2.65 bits per heavy atom. The van der Waals surface area contributed by atoms with Gasteiger partial charge in [-0.1, -0.05) is 6.92 Å². The largest absolute Gasteiger partial charge is 0.465 e. The van der Waals surface area contributed by atoms with Crippen LogP contribution in [0.3, 0.4) is 0 Å². The number of rotatable bonds is 6. The predicted molar refractivity (Wildman–Crippen MR) is 65.9 cm³/mol. The van der Waals surface area contributed by atoms with E-state index >= 15 is 0 Å². The molecule has 1 heterocycles. The zero-order valence-electron chi connectivity index (χ0n) is 10.6. The molecule has 0 bridgehead atoms. The lowest BCUT2D eigenvalue weighted by Gasteiger charge is -2.22. The fourth-order valence-corrected chi connectivity index (χ4v) is 1.60. The second-order valence-corrected chi connectivity index (χ2v) is 3.69. The molecule has 94 valence electrons. The van der Waals surface area contributed by atoms with Gasteiger partial charge in [-0.25, -0.2) is 4.98 Å². The minimum Gasteiger partial charge on any atom is -0.465 e. The molecule has 0 saturated heterocycles. The van der Waals surface area contributed by atoms with E-state index in [1.807, 2.05) is 11.8 Å². The van der Waals surface area contributed by atoms with E-state index < -0.39 is 0 Å². The molecule has 0 radical (unpaired) electrons. The summed E-state index contributed by atoms with van der Waals surface area (Å²) in [5, 5.41) is 0. The number of carbonyl (C=O) groups is 1. The summed E-state index contributed by atoms with van der Waals surface area (Å²) in [6.07, 6.45) is 4.22. The summed E-state index contributed by atoms with van der Waals surface area (Å²) in [4.78, 5) is 21.8. The quantitative estimate of drug-likeness (QED) is 0.703. The third kappa shape index (κ3) is 4.01. The molecule has 0 aromatic carbocycles. The van der Waals surface area contributed by atoms with Crippen molar-refractivity contribution >= 4 is 11.8 Å². The van der Waals surface area contributed by atoms with Gasteiger partial charge in [0.15, 0.2) is 5.82 Å². The Morgan fingerprint density at radius 2 is 2.06 bits per heavy atom. The molecule has 17 heavy (non-hydrogen) atoms. The van der Waals surface area contributed by atoms with Gasteiger partial charge in [-0.2, -0.15) is 0 Å². The summed E-state index contributed by atoms with van der Waals surface area (Å²) in [7, 11) is 0. The maximum absolute atomic E-state index is 11.5. The number of hydrogen-bond donors (Lipinski definition) is 0. The van der Waals surface area contributed by atoms with Crippen LogP contribution < -0.4 is 4.90 Å². The van der Waals surface area contributed by atoms with Crippen LogP contribution in [0.5, 0.6) is 0 Å². The van der Waals surface area contributed by atoms with E-state index in [1.165, 1.54) is 0 Å². The van der Waals surface area contributed by atoms with Crippen LogP contribution in [0.25, 0.3) is 0 Å². The van der Waals surface area contributed by atoms with E-state index in [4.69, 9.17) is 4.74 Å². The Morgan fingerprint density at radius 1 is 1.35 bits per heavy atom. The Kier molecular flexibility index (Phi) is 5.39. The molecule has 0 aliphatic rings. The molecule has 0 saturated carbocycles. The smallest absolute Gasteiger partial charge is 0.325 e. The molecule has 0 atom stereocenters. The molecular weight excluding hydrogens is 218 g/mol.